The predicted molar refractivity (Wildman–Crippen MR) is 97.7 cm³/mol. The summed E-state index contributed by atoms with van der Waals surface area (Å²) >= 11 is 0. The highest BCUT2D eigenvalue weighted by molar-refractivity contribution is 7.89. The molecule has 0 amide bonds. The Labute approximate surface area is 150 Å². The molecule has 0 radical (unpaired) electrons. The van der Waals surface area contributed by atoms with Crippen molar-refractivity contribution in [3.63, 3.8) is 0 Å². The maximum absolute atomic E-state index is 13.0. The third-order valence-corrected chi connectivity index (χ3v) is 4.89. The lowest BCUT2D eigenvalue weighted by molar-refractivity contribution is 0.588. The summed E-state index contributed by atoms with van der Waals surface area (Å²) in [5.41, 5.74) is 1.33. The van der Waals surface area contributed by atoms with E-state index in [1.54, 1.807) is 36.5 Å². The van der Waals surface area contributed by atoms with Gasteiger partial charge in [-0.3, -0.25) is 0 Å². The summed E-state index contributed by atoms with van der Waals surface area (Å²) in [6.45, 7) is 0. The first-order valence-corrected chi connectivity index (χ1v) is 9.11. The summed E-state index contributed by atoms with van der Waals surface area (Å²) in [6, 6.07) is 13.8. The number of aromatic nitrogens is 2. The Hall–Kier alpha value is -3.04. The van der Waals surface area contributed by atoms with Crippen LogP contribution in [0.5, 0.6) is 0 Å². The van der Waals surface area contributed by atoms with Crippen LogP contribution in [-0.2, 0) is 10.0 Å². The molecule has 0 aliphatic rings. The summed E-state index contributed by atoms with van der Waals surface area (Å²) < 4.78 is 38.7. The molecule has 3 aromatic rings. The zero-order valence-electron chi connectivity index (χ0n) is 13.8. The monoisotopic (exact) mass is 373 g/mol. The fourth-order valence-corrected chi connectivity index (χ4v) is 2.86. The zero-order chi connectivity index (χ0) is 18.6. The molecular weight excluding hydrogens is 357 g/mol. The second-order valence-corrected chi connectivity index (χ2v) is 7.14. The fourth-order valence-electron chi connectivity index (χ4n) is 2.13. The number of rotatable bonds is 6. The van der Waals surface area contributed by atoms with Gasteiger partial charge in [-0.2, -0.15) is 4.98 Å². The molecule has 0 unspecified atom stereocenters. The van der Waals surface area contributed by atoms with Crippen molar-refractivity contribution in [3.8, 4) is 0 Å². The number of hydrogen-bond donors (Lipinski definition) is 3. The highest BCUT2D eigenvalue weighted by Gasteiger charge is 2.10. The standard InChI is InChI=1S/C17H16FN5O2S/c1-19-26(24,25)15-8-6-14(7-9-15)22-17-20-11-10-16(23-17)21-13-4-2-12(18)3-5-13/h2-11,19H,1H3,(H2,20,21,22,23). The van der Waals surface area contributed by atoms with Crippen molar-refractivity contribution in [3.05, 3.63) is 66.6 Å². The molecule has 0 bridgehead atoms. The Morgan fingerprint density at radius 2 is 1.50 bits per heavy atom. The molecule has 7 nitrogen and oxygen atoms in total. The summed E-state index contributed by atoms with van der Waals surface area (Å²) in [4.78, 5) is 8.61. The van der Waals surface area contributed by atoms with E-state index in [4.69, 9.17) is 0 Å². The Morgan fingerprint density at radius 1 is 0.885 bits per heavy atom. The highest BCUT2D eigenvalue weighted by atomic mass is 32.2. The third kappa shape index (κ3) is 4.32. The molecule has 0 atom stereocenters. The first-order chi connectivity index (χ1) is 12.5. The average molecular weight is 373 g/mol. The summed E-state index contributed by atoms with van der Waals surface area (Å²) in [6.07, 6.45) is 1.57. The largest absolute Gasteiger partial charge is 0.340 e. The van der Waals surface area contributed by atoms with Gasteiger partial charge in [0.25, 0.3) is 0 Å². The van der Waals surface area contributed by atoms with Crippen LogP contribution >= 0.6 is 0 Å². The number of sulfonamides is 1. The fraction of sp³-hybridized carbons (Fsp3) is 0.0588. The van der Waals surface area contributed by atoms with Crippen LogP contribution in [0.15, 0.2) is 65.7 Å². The lowest BCUT2D eigenvalue weighted by Crippen LogP contribution is -2.18. The Morgan fingerprint density at radius 3 is 2.15 bits per heavy atom. The third-order valence-electron chi connectivity index (χ3n) is 3.46. The van der Waals surface area contributed by atoms with E-state index in [0.29, 0.717) is 23.1 Å². The van der Waals surface area contributed by atoms with Crippen molar-refractivity contribution in [2.24, 2.45) is 0 Å². The molecule has 26 heavy (non-hydrogen) atoms. The molecule has 0 spiro atoms. The molecule has 3 N–H and O–H groups in total. The van der Waals surface area contributed by atoms with Crippen molar-refractivity contribution >= 4 is 33.2 Å². The van der Waals surface area contributed by atoms with Crippen LogP contribution in [0.1, 0.15) is 0 Å². The van der Waals surface area contributed by atoms with Crippen LogP contribution in [-0.4, -0.2) is 25.4 Å². The molecule has 0 aliphatic heterocycles. The van der Waals surface area contributed by atoms with Gasteiger partial charge in [-0.15, -0.1) is 0 Å². The van der Waals surface area contributed by atoms with E-state index in [0.717, 1.165) is 0 Å². The molecule has 134 valence electrons. The molecule has 3 rings (SSSR count). The van der Waals surface area contributed by atoms with E-state index in [1.807, 2.05) is 0 Å². The molecule has 0 saturated heterocycles. The minimum atomic E-state index is -3.48. The molecule has 1 heterocycles. The number of nitrogens with one attached hydrogen (secondary N) is 3. The number of halogens is 1. The van der Waals surface area contributed by atoms with Gasteiger partial charge >= 0.3 is 0 Å². The normalized spacial score (nSPS) is 11.2. The maximum Gasteiger partial charge on any atom is 0.240 e. The van der Waals surface area contributed by atoms with Crippen molar-refractivity contribution < 1.29 is 12.8 Å². The lowest BCUT2D eigenvalue weighted by Gasteiger charge is -2.09. The van der Waals surface area contributed by atoms with Crippen molar-refractivity contribution in [2.75, 3.05) is 17.7 Å². The summed E-state index contributed by atoms with van der Waals surface area (Å²) in [5.74, 6) is 0.550. The molecule has 1 aromatic heterocycles. The van der Waals surface area contributed by atoms with Crippen LogP contribution in [0, 0.1) is 5.82 Å². The second-order valence-electron chi connectivity index (χ2n) is 5.25. The number of benzene rings is 2. The maximum atomic E-state index is 13.0. The summed E-state index contributed by atoms with van der Waals surface area (Å²) in [7, 11) is -2.12. The van der Waals surface area contributed by atoms with Crippen LogP contribution in [0.3, 0.4) is 0 Å². The number of anilines is 4. The van der Waals surface area contributed by atoms with Crippen LogP contribution < -0.4 is 15.4 Å². The second kappa shape index (κ2) is 7.46. The van der Waals surface area contributed by atoms with E-state index in [1.165, 1.54) is 31.3 Å². The molecule has 0 fully saturated rings. The number of nitrogens with zero attached hydrogens (tertiary/aromatic N) is 2. The minimum absolute atomic E-state index is 0.165. The van der Waals surface area contributed by atoms with E-state index >= 15 is 0 Å². The van der Waals surface area contributed by atoms with E-state index in [9.17, 15) is 12.8 Å². The first kappa shape index (κ1) is 17.8. The van der Waals surface area contributed by atoms with Gasteiger partial charge in [0.1, 0.15) is 11.6 Å². The van der Waals surface area contributed by atoms with Gasteiger partial charge < -0.3 is 10.6 Å². The Kier molecular flexibility index (Phi) is 5.10. The molecule has 2 aromatic carbocycles. The van der Waals surface area contributed by atoms with Gasteiger partial charge in [0.15, 0.2) is 0 Å². The Balaban J connectivity index is 1.73. The zero-order valence-corrected chi connectivity index (χ0v) is 14.6. The molecule has 0 aliphatic carbocycles. The van der Waals surface area contributed by atoms with Crippen LogP contribution in [0.4, 0.5) is 27.5 Å². The Bertz CT molecular complexity index is 992. The van der Waals surface area contributed by atoms with Crippen molar-refractivity contribution in [2.45, 2.75) is 4.90 Å². The lowest BCUT2D eigenvalue weighted by atomic mass is 10.3. The van der Waals surface area contributed by atoms with Gasteiger partial charge in [-0.05, 0) is 61.6 Å². The molecular formula is C17H16FN5O2S. The van der Waals surface area contributed by atoms with Crippen LogP contribution in [0.25, 0.3) is 0 Å². The van der Waals surface area contributed by atoms with Crippen molar-refractivity contribution in [1.29, 1.82) is 0 Å². The molecule has 0 saturated carbocycles. The molecule has 9 heteroatoms. The van der Waals surface area contributed by atoms with Gasteiger partial charge in [-0.25, -0.2) is 22.5 Å². The van der Waals surface area contributed by atoms with Gasteiger partial charge in [0, 0.05) is 17.6 Å². The van der Waals surface area contributed by atoms with Crippen LogP contribution in [0.2, 0.25) is 0 Å². The van der Waals surface area contributed by atoms with Gasteiger partial charge in [-0.1, -0.05) is 0 Å². The summed E-state index contributed by atoms with van der Waals surface area (Å²) in [5, 5.41) is 6.05. The van der Waals surface area contributed by atoms with Crippen molar-refractivity contribution in [1.82, 2.24) is 14.7 Å². The topological polar surface area (TPSA) is 96.0 Å². The minimum Gasteiger partial charge on any atom is -0.340 e. The SMILES string of the molecule is CNS(=O)(=O)c1ccc(Nc2nccc(Nc3ccc(F)cc3)n2)cc1. The first-order valence-electron chi connectivity index (χ1n) is 7.62. The van der Waals surface area contributed by atoms with Gasteiger partial charge in [0.2, 0.25) is 16.0 Å². The quantitative estimate of drug-likeness (QED) is 0.615. The number of hydrogen-bond acceptors (Lipinski definition) is 6. The predicted octanol–water partition coefficient (Wildman–Crippen LogP) is 3.01. The van der Waals surface area contributed by atoms with E-state index < -0.39 is 10.0 Å². The van der Waals surface area contributed by atoms with E-state index in [2.05, 4.69) is 25.3 Å². The van der Waals surface area contributed by atoms with E-state index in [-0.39, 0.29) is 10.7 Å². The highest BCUT2D eigenvalue weighted by Crippen LogP contribution is 2.19. The smallest absolute Gasteiger partial charge is 0.240 e. The average Bonchev–Trinajstić information content (AvgIpc) is 2.64. The van der Waals surface area contributed by atoms with Gasteiger partial charge in [0.05, 0.1) is 4.90 Å².